The third kappa shape index (κ3) is 2.21. The topological polar surface area (TPSA) is 50.4 Å². The first-order valence-corrected chi connectivity index (χ1v) is 5.02. The predicted molar refractivity (Wildman–Crippen MR) is 65.4 cm³/mol. The number of rotatable bonds is 2. The zero-order chi connectivity index (χ0) is 12.4. The van der Waals surface area contributed by atoms with Gasteiger partial charge >= 0.3 is 5.97 Å². The van der Waals surface area contributed by atoms with E-state index < -0.39 is 5.97 Å². The first kappa shape index (κ1) is 11.0. The van der Waals surface area contributed by atoms with Crippen molar-refractivity contribution in [3.8, 4) is 12.3 Å². The van der Waals surface area contributed by atoms with Crippen LogP contribution in [-0.4, -0.2) is 11.1 Å². The molecule has 0 saturated carbocycles. The van der Waals surface area contributed by atoms with Crippen LogP contribution < -0.4 is 0 Å². The summed E-state index contributed by atoms with van der Waals surface area (Å²) in [6.45, 7) is 1.86. The van der Waals surface area contributed by atoms with Crippen molar-refractivity contribution in [3.05, 3.63) is 41.2 Å². The number of benzene rings is 1. The number of carbonyl (C=O) groups is 1. The molecule has 0 fully saturated rings. The number of terminal acetylenes is 1. The molecule has 0 spiro atoms. The molecule has 1 N–H and O–H groups in total. The van der Waals surface area contributed by atoms with Crippen LogP contribution >= 0.6 is 0 Å². The normalized spacial score (nSPS) is 11.4. The van der Waals surface area contributed by atoms with E-state index in [4.69, 9.17) is 15.9 Å². The Balaban J connectivity index is 2.50. The lowest BCUT2D eigenvalue weighted by atomic mass is 10.1. The van der Waals surface area contributed by atoms with E-state index in [0.717, 1.165) is 16.7 Å². The number of carboxylic acids is 1. The van der Waals surface area contributed by atoms with Gasteiger partial charge in [-0.15, -0.1) is 6.42 Å². The first-order valence-electron chi connectivity index (χ1n) is 5.02. The van der Waals surface area contributed by atoms with Gasteiger partial charge in [-0.1, -0.05) is 18.1 Å². The van der Waals surface area contributed by atoms with Crippen LogP contribution in [0, 0.1) is 19.3 Å². The van der Waals surface area contributed by atoms with Gasteiger partial charge in [0.1, 0.15) is 16.9 Å². The van der Waals surface area contributed by atoms with Crippen LogP contribution in [0.1, 0.15) is 11.3 Å². The third-order valence-electron chi connectivity index (χ3n) is 2.36. The molecule has 84 valence electrons. The van der Waals surface area contributed by atoms with Gasteiger partial charge in [0.2, 0.25) is 0 Å². The highest BCUT2D eigenvalue weighted by Crippen LogP contribution is 2.21. The molecule has 1 heterocycles. The lowest BCUT2D eigenvalue weighted by Gasteiger charge is -1.95. The SMILES string of the molecule is C#C/C(=C/c1ccc2cc(C)oc2c1)C(=O)O. The van der Waals surface area contributed by atoms with Crippen LogP contribution in [0.4, 0.5) is 0 Å². The zero-order valence-corrected chi connectivity index (χ0v) is 9.23. The molecule has 0 amide bonds. The van der Waals surface area contributed by atoms with E-state index in [2.05, 4.69) is 5.92 Å². The maximum Gasteiger partial charge on any atom is 0.344 e. The molecule has 0 saturated heterocycles. The quantitative estimate of drug-likeness (QED) is 0.632. The van der Waals surface area contributed by atoms with Gasteiger partial charge in [0, 0.05) is 5.39 Å². The minimum absolute atomic E-state index is 0.0763. The number of furan rings is 1. The van der Waals surface area contributed by atoms with E-state index in [0.29, 0.717) is 5.56 Å². The lowest BCUT2D eigenvalue weighted by molar-refractivity contribution is -0.132. The Labute approximate surface area is 98.4 Å². The van der Waals surface area contributed by atoms with Crippen molar-refractivity contribution in [3.63, 3.8) is 0 Å². The van der Waals surface area contributed by atoms with E-state index in [9.17, 15) is 4.79 Å². The molecule has 0 unspecified atom stereocenters. The Morgan fingerprint density at radius 1 is 1.47 bits per heavy atom. The minimum atomic E-state index is -1.11. The van der Waals surface area contributed by atoms with Crippen molar-refractivity contribution in [1.29, 1.82) is 0 Å². The fourth-order valence-corrected chi connectivity index (χ4v) is 1.60. The molecule has 0 aliphatic carbocycles. The molecule has 3 heteroatoms. The number of hydrogen-bond donors (Lipinski definition) is 1. The highest BCUT2D eigenvalue weighted by Gasteiger charge is 2.05. The molecule has 3 nitrogen and oxygen atoms in total. The number of fused-ring (bicyclic) bond motifs is 1. The van der Waals surface area contributed by atoms with Gasteiger partial charge in [-0.25, -0.2) is 4.79 Å². The molecule has 0 aliphatic heterocycles. The van der Waals surface area contributed by atoms with Crippen molar-refractivity contribution in [2.24, 2.45) is 0 Å². The summed E-state index contributed by atoms with van der Waals surface area (Å²) in [6, 6.07) is 7.36. The van der Waals surface area contributed by atoms with Crippen molar-refractivity contribution < 1.29 is 14.3 Å². The molecular weight excluding hydrogens is 216 g/mol. The summed E-state index contributed by atoms with van der Waals surface area (Å²) in [5, 5.41) is 9.80. The van der Waals surface area contributed by atoms with E-state index in [1.807, 2.05) is 19.1 Å². The van der Waals surface area contributed by atoms with Gasteiger partial charge in [-0.05, 0) is 30.7 Å². The van der Waals surface area contributed by atoms with Crippen molar-refractivity contribution in [2.75, 3.05) is 0 Å². The van der Waals surface area contributed by atoms with Crippen molar-refractivity contribution in [2.45, 2.75) is 6.92 Å². The average Bonchev–Trinajstić information content (AvgIpc) is 2.64. The molecular formula is C14H10O3. The Kier molecular flexibility index (Phi) is 2.71. The van der Waals surface area contributed by atoms with Crippen LogP contribution in [-0.2, 0) is 4.79 Å². The van der Waals surface area contributed by atoms with Gasteiger partial charge in [-0.2, -0.15) is 0 Å². The summed E-state index contributed by atoms with van der Waals surface area (Å²) < 4.78 is 5.46. The molecule has 1 aromatic heterocycles. The molecule has 0 bridgehead atoms. The largest absolute Gasteiger partial charge is 0.477 e. The van der Waals surface area contributed by atoms with Gasteiger partial charge in [0.15, 0.2) is 0 Å². The van der Waals surface area contributed by atoms with Crippen molar-refractivity contribution in [1.82, 2.24) is 0 Å². The fraction of sp³-hybridized carbons (Fsp3) is 0.0714. The highest BCUT2D eigenvalue weighted by molar-refractivity contribution is 5.97. The number of aryl methyl sites for hydroxylation is 1. The molecule has 2 aromatic rings. The van der Waals surface area contributed by atoms with Crippen LogP contribution in [0.15, 0.2) is 34.3 Å². The predicted octanol–water partition coefficient (Wildman–Crippen LogP) is 2.84. The Morgan fingerprint density at radius 2 is 2.24 bits per heavy atom. The second kappa shape index (κ2) is 4.18. The Morgan fingerprint density at radius 3 is 2.88 bits per heavy atom. The maximum atomic E-state index is 10.8. The number of aliphatic carboxylic acids is 1. The summed E-state index contributed by atoms with van der Waals surface area (Å²) >= 11 is 0. The minimum Gasteiger partial charge on any atom is -0.477 e. The number of carboxylic acid groups (broad SMARTS) is 1. The van der Waals surface area contributed by atoms with Crippen molar-refractivity contribution >= 4 is 23.0 Å². The Bertz CT molecular complexity index is 654. The summed E-state index contributed by atoms with van der Waals surface area (Å²) in [5.74, 6) is 1.84. The Hall–Kier alpha value is -2.47. The molecule has 0 radical (unpaired) electrons. The molecule has 0 atom stereocenters. The first-order chi connectivity index (χ1) is 8.10. The van der Waals surface area contributed by atoms with Crippen LogP contribution in [0.5, 0.6) is 0 Å². The molecule has 1 aromatic carbocycles. The lowest BCUT2D eigenvalue weighted by Crippen LogP contribution is -1.97. The van der Waals surface area contributed by atoms with Crippen LogP contribution in [0.2, 0.25) is 0 Å². The van der Waals surface area contributed by atoms with E-state index in [1.54, 1.807) is 12.1 Å². The smallest absolute Gasteiger partial charge is 0.344 e. The summed E-state index contributed by atoms with van der Waals surface area (Å²) in [6.07, 6.45) is 6.56. The van der Waals surface area contributed by atoms with Gasteiger partial charge in [-0.3, -0.25) is 0 Å². The zero-order valence-electron chi connectivity index (χ0n) is 9.23. The second-order valence-corrected chi connectivity index (χ2v) is 3.66. The maximum absolute atomic E-state index is 10.8. The van der Waals surface area contributed by atoms with Gasteiger partial charge in [0.05, 0.1) is 0 Å². The monoisotopic (exact) mass is 226 g/mol. The summed E-state index contributed by atoms with van der Waals surface area (Å²) in [5.41, 5.74) is 1.35. The van der Waals surface area contributed by atoms with E-state index in [1.165, 1.54) is 6.08 Å². The van der Waals surface area contributed by atoms with Gasteiger partial charge in [0.25, 0.3) is 0 Å². The standard InChI is InChI=1S/C14H10O3/c1-3-11(14(15)16)7-10-4-5-12-6-9(2)17-13(12)8-10/h1,4-8H,2H3,(H,15,16)/b11-7-. The molecule has 17 heavy (non-hydrogen) atoms. The third-order valence-corrected chi connectivity index (χ3v) is 2.36. The van der Waals surface area contributed by atoms with E-state index in [-0.39, 0.29) is 5.57 Å². The van der Waals surface area contributed by atoms with E-state index >= 15 is 0 Å². The number of hydrogen-bond acceptors (Lipinski definition) is 2. The molecule has 2 rings (SSSR count). The highest BCUT2D eigenvalue weighted by atomic mass is 16.4. The summed E-state index contributed by atoms with van der Waals surface area (Å²) in [4.78, 5) is 10.8. The molecule has 0 aliphatic rings. The average molecular weight is 226 g/mol. The second-order valence-electron chi connectivity index (χ2n) is 3.66. The van der Waals surface area contributed by atoms with Crippen LogP contribution in [0.3, 0.4) is 0 Å². The van der Waals surface area contributed by atoms with Crippen LogP contribution in [0.25, 0.3) is 17.0 Å². The summed E-state index contributed by atoms with van der Waals surface area (Å²) in [7, 11) is 0. The fourth-order valence-electron chi connectivity index (χ4n) is 1.60. The van der Waals surface area contributed by atoms with Gasteiger partial charge < -0.3 is 9.52 Å².